The van der Waals surface area contributed by atoms with Crippen LogP contribution in [-0.2, 0) is 19.1 Å². The highest BCUT2D eigenvalue weighted by Gasteiger charge is 2.30. The van der Waals surface area contributed by atoms with E-state index < -0.39 is 17.6 Å². The van der Waals surface area contributed by atoms with Gasteiger partial charge < -0.3 is 20.5 Å². The molecule has 3 N–H and O–H groups in total. The maximum absolute atomic E-state index is 12.2. The standard InChI is InChI=1S/C16H24N2O4/c1-16(11-21-2,10-15(20)22-3)18-14(19)9-13(17)12-7-5-4-6-8-12/h4-8,13H,9-11,17H2,1-3H3,(H,18,19). The Kier molecular flexibility index (Phi) is 7.01. The predicted octanol–water partition coefficient (Wildman–Crippen LogP) is 1.16. The van der Waals surface area contributed by atoms with E-state index in [1.807, 2.05) is 30.3 Å². The first kappa shape index (κ1) is 18.1. The number of amides is 1. The summed E-state index contributed by atoms with van der Waals surface area (Å²) in [6.07, 6.45) is 0.161. The molecule has 0 saturated heterocycles. The van der Waals surface area contributed by atoms with Crippen LogP contribution in [0.25, 0.3) is 0 Å². The molecule has 0 aromatic heterocycles. The van der Waals surface area contributed by atoms with E-state index in [0.717, 1.165) is 5.56 Å². The summed E-state index contributed by atoms with van der Waals surface area (Å²) in [4.78, 5) is 23.7. The molecular weight excluding hydrogens is 284 g/mol. The zero-order chi connectivity index (χ0) is 16.6. The summed E-state index contributed by atoms with van der Waals surface area (Å²) in [5.74, 6) is -0.646. The molecule has 2 atom stereocenters. The van der Waals surface area contributed by atoms with Crippen LogP contribution < -0.4 is 11.1 Å². The lowest BCUT2D eigenvalue weighted by atomic mass is 9.97. The normalized spacial score (nSPS) is 14.7. The topological polar surface area (TPSA) is 90.6 Å². The van der Waals surface area contributed by atoms with Gasteiger partial charge in [-0.3, -0.25) is 9.59 Å². The van der Waals surface area contributed by atoms with Crippen LogP contribution in [0.4, 0.5) is 0 Å². The summed E-state index contributed by atoms with van der Waals surface area (Å²) >= 11 is 0. The van der Waals surface area contributed by atoms with E-state index in [4.69, 9.17) is 10.5 Å². The molecule has 0 bridgehead atoms. The molecule has 0 heterocycles. The Morgan fingerprint density at radius 1 is 1.27 bits per heavy atom. The molecule has 6 nitrogen and oxygen atoms in total. The lowest BCUT2D eigenvalue weighted by molar-refractivity contribution is -0.143. The van der Waals surface area contributed by atoms with Crippen LogP contribution in [0.1, 0.15) is 31.4 Å². The van der Waals surface area contributed by atoms with E-state index >= 15 is 0 Å². The first-order chi connectivity index (χ1) is 10.4. The molecule has 1 rings (SSSR count). The largest absolute Gasteiger partial charge is 0.469 e. The number of hydrogen-bond donors (Lipinski definition) is 2. The lowest BCUT2D eigenvalue weighted by Crippen LogP contribution is -2.51. The Bertz CT molecular complexity index is 492. The van der Waals surface area contributed by atoms with Gasteiger partial charge in [0.2, 0.25) is 5.91 Å². The molecule has 0 fully saturated rings. The Hall–Kier alpha value is -1.92. The smallest absolute Gasteiger partial charge is 0.307 e. The van der Waals surface area contributed by atoms with Crippen molar-refractivity contribution in [1.29, 1.82) is 0 Å². The van der Waals surface area contributed by atoms with Gasteiger partial charge in [0.05, 0.1) is 25.7 Å². The highest BCUT2D eigenvalue weighted by atomic mass is 16.5. The molecule has 22 heavy (non-hydrogen) atoms. The van der Waals surface area contributed by atoms with Crippen molar-refractivity contribution >= 4 is 11.9 Å². The SMILES string of the molecule is COCC(C)(CC(=O)OC)NC(=O)CC(N)c1ccccc1. The molecule has 0 aliphatic heterocycles. The molecule has 2 unspecified atom stereocenters. The number of methoxy groups -OCH3 is 2. The van der Waals surface area contributed by atoms with Crippen LogP contribution in [0.3, 0.4) is 0 Å². The third-order valence-electron chi connectivity index (χ3n) is 3.30. The zero-order valence-corrected chi connectivity index (χ0v) is 13.3. The minimum atomic E-state index is -0.824. The summed E-state index contributed by atoms with van der Waals surface area (Å²) in [6.45, 7) is 1.94. The number of nitrogens with one attached hydrogen (secondary N) is 1. The van der Waals surface area contributed by atoms with Gasteiger partial charge in [-0.05, 0) is 12.5 Å². The summed E-state index contributed by atoms with van der Waals surface area (Å²) in [5, 5.41) is 2.82. The van der Waals surface area contributed by atoms with Crippen LogP contribution in [-0.4, -0.2) is 38.2 Å². The molecule has 1 aromatic carbocycles. The highest BCUT2D eigenvalue weighted by molar-refractivity contribution is 5.79. The van der Waals surface area contributed by atoms with Gasteiger partial charge in [0.15, 0.2) is 0 Å². The van der Waals surface area contributed by atoms with Crippen LogP contribution in [0.5, 0.6) is 0 Å². The number of ether oxygens (including phenoxy) is 2. The molecule has 122 valence electrons. The zero-order valence-electron chi connectivity index (χ0n) is 13.3. The van der Waals surface area contributed by atoms with Gasteiger partial charge in [0, 0.05) is 19.6 Å². The van der Waals surface area contributed by atoms with Gasteiger partial charge in [-0.15, -0.1) is 0 Å². The molecule has 6 heteroatoms. The van der Waals surface area contributed by atoms with Gasteiger partial charge in [0.25, 0.3) is 0 Å². The Balaban J connectivity index is 2.65. The fourth-order valence-electron chi connectivity index (χ4n) is 2.25. The molecular formula is C16H24N2O4. The maximum atomic E-state index is 12.2. The second-order valence-corrected chi connectivity index (χ2v) is 5.52. The van der Waals surface area contributed by atoms with Gasteiger partial charge in [-0.25, -0.2) is 0 Å². The van der Waals surface area contributed by atoms with Crippen LogP contribution in [0, 0.1) is 0 Å². The van der Waals surface area contributed by atoms with Crippen molar-refractivity contribution in [2.24, 2.45) is 5.73 Å². The minimum Gasteiger partial charge on any atom is -0.469 e. The Morgan fingerprint density at radius 2 is 1.91 bits per heavy atom. The fourth-order valence-corrected chi connectivity index (χ4v) is 2.25. The summed E-state index contributed by atoms with van der Waals surface area (Å²) in [6, 6.07) is 8.99. The number of nitrogens with two attached hydrogens (primary N) is 1. The quantitative estimate of drug-likeness (QED) is 0.703. The molecule has 1 amide bonds. The van der Waals surface area contributed by atoms with E-state index in [1.54, 1.807) is 6.92 Å². The third kappa shape index (κ3) is 5.83. The second-order valence-electron chi connectivity index (χ2n) is 5.52. The maximum Gasteiger partial charge on any atom is 0.307 e. The Morgan fingerprint density at radius 3 is 2.45 bits per heavy atom. The number of esters is 1. The second kappa shape index (κ2) is 8.51. The van der Waals surface area contributed by atoms with Gasteiger partial charge >= 0.3 is 5.97 Å². The number of carbonyl (C=O) groups excluding carboxylic acids is 2. The van der Waals surface area contributed by atoms with Crippen molar-refractivity contribution in [1.82, 2.24) is 5.32 Å². The van der Waals surface area contributed by atoms with Crippen molar-refractivity contribution in [3.63, 3.8) is 0 Å². The van der Waals surface area contributed by atoms with Crippen molar-refractivity contribution in [3.8, 4) is 0 Å². The number of rotatable bonds is 8. The minimum absolute atomic E-state index is 0.0314. The van der Waals surface area contributed by atoms with E-state index in [1.165, 1.54) is 14.2 Å². The summed E-state index contributed by atoms with van der Waals surface area (Å²) in [7, 11) is 2.82. The summed E-state index contributed by atoms with van der Waals surface area (Å²) in [5.41, 5.74) is 6.10. The van der Waals surface area contributed by atoms with E-state index in [2.05, 4.69) is 10.1 Å². The van der Waals surface area contributed by atoms with Gasteiger partial charge in [-0.2, -0.15) is 0 Å². The average Bonchev–Trinajstić information content (AvgIpc) is 2.47. The highest BCUT2D eigenvalue weighted by Crippen LogP contribution is 2.16. The van der Waals surface area contributed by atoms with E-state index in [9.17, 15) is 9.59 Å². The first-order valence-corrected chi connectivity index (χ1v) is 7.07. The molecule has 0 aliphatic rings. The third-order valence-corrected chi connectivity index (χ3v) is 3.30. The summed E-state index contributed by atoms with van der Waals surface area (Å²) < 4.78 is 9.74. The van der Waals surface area contributed by atoms with Crippen molar-refractivity contribution in [2.45, 2.75) is 31.3 Å². The number of carbonyl (C=O) groups is 2. The number of hydrogen-bond acceptors (Lipinski definition) is 5. The van der Waals surface area contributed by atoms with Crippen LogP contribution in [0.2, 0.25) is 0 Å². The molecule has 0 spiro atoms. The van der Waals surface area contributed by atoms with Crippen molar-refractivity contribution in [2.75, 3.05) is 20.8 Å². The van der Waals surface area contributed by atoms with E-state index in [-0.39, 0.29) is 25.4 Å². The van der Waals surface area contributed by atoms with Crippen molar-refractivity contribution in [3.05, 3.63) is 35.9 Å². The monoisotopic (exact) mass is 308 g/mol. The number of benzene rings is 1. The molecule has 1 aromatic rings. The predicted molar refractivity (Wildman–Crippen MR) is 83.0 cm³/mol. The van der Waals surface area contributed by atoms with Crippen molar-refractivity contribution < 1.29 is 19.1 Å². The van der Waals surface area contributed by atoms with Gasteiger partial charge in [0.1, 0.15) is 0 Å². The average molecular weight is 308 g/mol. The molecule has 0 aliphatic carbocycles. The fraction of sp³-hybridized carbons (Fsp3) is 0.500. The van der Waals surface area contributed by atoms with Crippen LogP contribution >= 0.6 is 0 Å². The lowest BCUT2D eigenvalue weighted by Gasteiger charge is -2.29. The van der Waals surface area contributed by atoms with Crippen LogP contribution in [0.15, 0.2) is 30.3 Å². The Labute approximate surface area is 131 Å². The molecule has 0 saturated carbocycles. The molecule has 0 radical (unpaired) electrons. The van der Waals surface area contributed by atoms with E-state index in [0.29, 0.717) is 0 Å². The first-order valence-electron chi connectivity index (χ1n) is 7.07. The van der Waals surface area contributed by atoms with Gasteiger partial charge in [-0.1, -0.05) is 30.3 Å².